The maximum atomic E-state index is 4.90. The molecule has 0 saturated heterocycles. The van der Waals surface area contributed by atoms with Crippen molar-refractivity contribution in [3.05, 3.63) is 18.9 Å². The number of rotatable bonds is 7. The van der Waals surface area contributed by atoms with Crippen molar-refractivity contribution >= 4 is 11.8 Å². The SMILES string of the molecule is C=CCNc1nncc(NCCOC)n1. The number of ether oxygens (including phenoxy) is 1. The maximum Gasteiger partial charge on any atom is 0.244 e. The zero-order valence-electron chi connectivity index (χ0n) is 8.73. The van der Waals surface area contributed by atoms with Crippen molar-refractivity contribution < 1.29 is 4.74 Å². The van der Waals surface area contributed by atoms with E-state index in [4.69, 9.17) is 4.74 Å². The predicted octanol–water partition coefficient (Wildman–Crippen LogP) is 0.528. The van der Waals surface area contributed by atoms with Crippen molar-refractivity contribution in [2.45, 2.75) is 0 Å². The van der Waals surface area contributed by atoms with Crippen LogP contribution in [0, 0.1) is 0 Å². The highest BCUT2D eigenvalue weighted by molar-refractivity contribution is 5.36. The molecule has 0 aliphatic carbocycles. The van der Waals surface area contributed by atoms with Gasteiger partial charge in [-0.1, -0.05) is 6.08 Å². The summed E-state index contributed by atoms with van der Waals surface area (Å²) >= 11 is 0. The van der Waals surface area contributed by atoms with E-state index < -0.39 is 0 Å². The lowest BCUT2D eigenvalue weighted by Crippen LogP contribution is -2.11. The van der Waals surface area contributed by atoms with Crippen LogP contribution in [-0.2, 0) is 4.74 Å². The first-order valence-corrected chi connectivity index (χ1v) is 4.64. The summed E-state index contributed by atoms with van der Waals surface area (Å²) in [6, 6.07) is 0. The summed E-state index contributed by atoms with van der Waals surface area (Å²) in [7, 11) is 1.65. The molecule has 0 spiro atoms. The van der Waals surface area contributed by atoms with Crippen molar-refractivity contribution in [1.82, 2.24) is 15.2 Å². The van der Waals surface area contributed by atoms with E-state index in [0.717, 1.165) is 0 Å². The van der Waals surface area contributed by atoms with Crippen LogP contribution < -0.4 is 10.6 Å². The number of hydrogen-bond acceptors (Lipinski definition) is 6. The highest BCUT2D eigenvalue weighted by Gasteiger charge is 1.97. The van der Waals surface area contributed by atoms with Gasteiger partial charge < -0.3 is 15.4 Å². The van der Waals surface area contributed by atoms with E-state index in [-0.39, 0.29) is 0 Å². The number of aromatic nitrogens is 3. The standard InChI is InChI=1S/C9H15N5O/c1-3-4-11-9-13-8(7-12-14-9)10-5-6-15-2/h3,7H,1,4-6H2,2H3,(H2,10,11,13,14). The number of methoxy groups -OCH3 is 1. The molecule has 0 radical (unpaired) electrons. The summed E-state index contributed by atoms with van der Waals surface area (Å²) in [6.45, 7) is 5.52. The third-order valence-electron chi connectivity index (χ3n) is 1.58. The van der Waals surface area contributed by atoms with E-state index in [0.29, 0.717) is 31.5 Å². The van der Waals surface area contributed by atoms with Gasteiger partial charge in [-0.25, -0.2) is 0 Å². The molecule has 0 aliphatic rings. The lowest BCUT2D eigenvalue weighted by Gasteiger charge is -2.05. The molecule has 1 heterocycles. The molecule has 15 heavy (non-hydrogen) atoms. The Balaban J connectivity index is 2.46. The lowest BCUT2D eigenvalue weighted by atomic mass is 10.6. The number of anilines is 2. The average molecular weight is 209 g/mol. The first kappa shape index (κ1) is 11.4. The molecular formula is C9H15N5O. The third kappa shape index (κ3) is 4.37. The van der Waals surface area contributed by atoms with Crippen molar-refractivity contribution in [3.8, 4) is 0 Å². The van der Waals surface area contributed by atoms with Crippen LogP contribution in [-0.4, -0.2) is 42.0 Å². The molecular weight excluding hydrogens is 194 g/mol. The van der Waals surface area contributed by atoms with Crippen LogP contribution in [0.25, 0.3) is 0 Å². The molecule has 6 nitrogen and oxygen atoms in total. The summed E-state index contributed by atoms with van der Waals surface area (Å²) in [6.07, 6.45) is 3.29. The van der Waals surface area contributed by atoms with Gasteiger partial charge in [-0.2, -0.15) is 10.1 Å². The monoisotopic (exact) mass is 209 g/mol. The van der Waals surface area contributed by atoms with Gasteiger partial charge in [-0.15, -0.1) is 11.7 Å². The van der Waals surface area contributed by atoms with E-state index in [2.05, 4.69) is 32.4 Å². The minimum Gasteiger partial charge on any atom is -0.383 e. The molecule has 0 amide bonds. The minimum absolute atomic E-state index is 0.484. The molecule has 1 rings (SSSR count). The van der Waals surface area contributed by atoms with Crippen LogP contribution in [0.1, 0.15) is 0 Å². The molecule has 6 heteroatoms. The molecule has 0 bridgehead atoms. The van der Waals surface area contributed by atoms with Gasteiger partial charge in [0.15, 0.2) is 5.82 Å². The fourth-order valence-corrected chi connectivity index (χ4v) is 0.908. The van der Waals surface area contributed by atoms with E-state index >= 15 is 0 Å². The molecule has 0 saturated carbocycles. The molecule has 1 aromatic heterocycles. The molecule has 0 aromatic carbocycles. The highest BCUT2D eigenvalue weighted by Crippen LogP contribution is 2.02. The van der Waals surface area contributed by atoms with E-state index in [1.54, 1.807) is 19.4 Å². The van der Waals surface area contributed by atoms with E-state index in [1.165, 1.54) is 0 Å². The quantitative estimate of drug-likeness (QED) is 0.504. The average Bonchev–Trinajstić information content (AvgIpc) is 2.27. The van der Waals surface area contributed by atoms with Gasteiger partial charge in [-0.3, -0.25) is 0 Å². The van der Waals surface area contributed by atoms with Crippen LogP contribution in [0.4, 0.5) is 11.8 Å². The van der Waals surface area contributed by atoms with Gasteiger partial charge in [0.1, 0.15) is 0 Å². The molecule has 0 unspecified atom stereocenters. The number of nitrogens with one attached hydrogen (secondary N) is 2. The second-order valence-corrected chi connectivity index (χ2v) is 2.75. The topological polar surface area (TPSA) is 72.0 Å². The second-order valence-electron chi connectivity index (χ2n) is 2.75. The summed E-state index contributed by atoms with van der Waals surface area (Å²) in [5.74, 6) is 1.16. The Hall–Kier alpha value is -1.69. The largest absolute Gasteiger partial charge is 0.383 e. The normalized spacial score (nSPS) is 9.67. The summed E-state index contributed by atoms with van der Waals surface area (Å²) in [5.41, 5.74) is 0. The third-order valence-corrected chi connectivity index (χ3v) is 1.58. The van der Waals surface area contributed by atoms with Gasteiger partial charge >= 0.3 is 0 Å². The van der Waals surface area contributed by atoms with Gasteiger partial charge in [0.2, 0.25) is 5.95 Å². The Labute approximate surface area is 88.8 Å². The Morgan fingerprint density at radius 3 is 3.13 bits per heavy atom. The van der Waals surface area contributed by atoms with Crippen molar-refractivity contribution in [3.63, 3.8) is 0 Å². The number of nitrogens with zero attached hydrogens (tertiary/aromatic N) is 3. The summed E-state index contributed by atoms with van der Waals surface area (Å²) in [4.78, 5) is 4.18. The fraction of sp³-hybridized carbons (Fsp3) is 0.444. The summed E-state index contributed by atoms with van der Waals surface area (Å²) in [5, 5.41) is 13.6. The minimum atomic E-state index is 0.484. The zero-order chi connectivity index (χ0) is 10.9. The first-order valence-electron chi connectivity index (χ1n) is 4.64. The molecule has 2 N–H and O–H groups in total. The van der Waals surface area contributed by atoms with Gasteiger partial charge in [-0.05, 0) is 0 Å². The highest BCUT2D eigenvalue weighted by atomic mass is 16.5. The molecule has 82 valence electrons. The van der Waals surface area contributed by atoms with Crippen LogP contribution in [0.15, 0.2) is 18.9 Å². The van der Waals surface area contributed by atoms with Crippen LogP contribution in [0.2, 0.25) is 0 Å². The van der Waals surface area contributed by atoms with E-state index in [9.17, 15) is 0 Å². The van der Waals surface area contributed by atoms with Crippen LogP contribution >= 0.6 is 0 Å². The molecule has 0 atom stereocenters. The summed E-state index contributed by atoms with van der Waals surface area (Å²) < 4.78 is 4.90. The van der Waals surface area contributed by atoms with Crippen LogP contribution in [0.3, 0.4) is 0 Å². The van der Waals surface area contributed by atoms with Gasteiger partial charge in [0.25, 0.3) is 0 Å². The Morgan fingerprint density at radius 2 is 2.40 bits per heavy atom. The van der Waals surface area contributed by atoms with Crippen molar-refractivity contribution in [2.24, 2.45) is 0 Å². The Morgan fingerprint density at radius 1 is 1.53 bits per heavy atom. The van der Waals surface area contributed by atoms with Crippen molar-refractivity contribution in [1.29, 1.82) is 0 Å². The zero-order valence-corrected chi connectivity index (χ0v) is 8.73. The fourth-order valence-electron chi connectivity index (χ4n) is 0.908. The molecule has 1 aromatic rings. The van der Waals surface area contributed by atoms with Gasteiger partial charge in [0, 0.05) is 20.2 Å². The van der Waals surface area contributed by atoms with Crippen LogP contribution in [0.5, 0.6) is 0 Å². The molecule has 0 fully saturated rings. The van der Waals surface area contributed by atoms with E-state index in [1.807, 2.05) is 0 Å². The van der Waals surface area contributed by atoms with Gasteiger partial charge in [0.05, 0.1) is 12.8 Å². The van der Waals surface area contributed by atoms with Crippen molar-refractivity contribution in [2.75, 3.05) is 37.4 Å². The number of hydrogen-bond donors (Lipinski definition) is 2. The maximum absolute atomic E-state index is 4.90. The molecule has 0 aliphatic heterocycles. The first-order chi connectivity index (χ1) is 7.36. The Kier molecular flexibility index (Phi) is 5.10. The predicted molar refractivity (Wildman–Crippen MR) is 58.9 cm³/mol. The lowest BCUT2D eigenvalue weighted by molar-refractivity contribution is 0.210. The smallest absolute Gasteiger partial charge is 0.244 e. The second kappa shape index (κ2) is 6.72. The Bertz CT molecular complexity index is 304.